The first-order valence-electron chi connectivity index (χ1n) is 7.21. The quantitative estimate of drug-likeness (QED) is 0.643. The van der Waals surface area contributed by atoms with Gasteiger partial charge in [-0.15, -0.1) is 0 Å². The van der Waals surface area contributed by atoms with Gasteiger partial charge in [0.2, 0.25) is 5.95 Å². The fraction of sp³-hybridized carbons (Fsp3) is 0.0588. The largest absolute Gasteiger partial charge is 0.421 e. The number of rotatable bonds is 4. The Morgan fingerprint density at radius 3 is 2.08 bits per heavy atom. The van der Waals surface area contributed by atoms with Crippen molar-refractivity contribution >= 4 is 23.1 Å². The number of hydrogen-bond acceptors (Lipinski definition) is 4. The van der Waals surface area contributed by atoms with Crippen LogP contribution in [-0.4, -0.2) is 9.97 Å². The Morgan fingerprint density at radius 1 is 0.800 bits per heavy atom. The fourth-order valence-corrected chi connectivity index (χ4v) is 2.07. The number of anilines is 4. The van der Waals surface area contributed by atoms with Gasteiger partial charge in [0.15, 0.2) is 0 Å². The minimum absolute atomic E-state index is 0.0435. The van der Waals surface area contributed by atoms with E-state index in [4.69, 9.17) is 0 Å². The molecule has 8 heteroatoms. The predicted molar refractivity (Wildman–Crippen MR) is 86.4 cm³/mol. The smallest absolute Gasteiger partial charge is 0.340 e. The summed E-state index contributed by atoms with van der Waals surface area (Å²) in [6.07, 6.45) is -3.91. The van der Waals surface area contributed by atoms with Crippen molar-refractivity contribution in [3.05, 3.63) is 72.2 Å². The van der Waals surface area contributed by atoms with Crippen LogP contribution in [-0.2, 0) is 6.18 Å². The third-order valence-corrected chi connectivity index (χ3v) is 3.23. The normalized spacial score (nSPS) is 11.2. The predicted octanol–water partition coefficient (Wildman–Crippen LogP) is 5.12. The highest BCUT2D eigenvalue weighted by Crippen LogP contribution is 2.35. The average Bonchev–Trinajstić information content (AvgIpc) is 2.57. The van der Waals surface area contributed by atoms with E-state index in [1.54, 1.807) is 30.3 Å². The van der Waals surface area contributed by atoms with Gasteiger partial charge in [0.25, 0.3) is 0 Å². The molecule has 0 fully saturated rings. The number of nitrogens with one attached hydrogen (secondary N) is 2. The Hall–Kier alpha value is -3.16. The van der Waals surface area contributed by atoms with Crippen LogP contribution in [0.1, 0.15) is 5.56 Å². The molecule has 1 aromatic heterocycles. The maximum atomic E-state index is 13.2. The van der Waals surface area contributed by atoms with Crippen molar-refractivity contribution in [3.8, 4) is 0 Å². The van der Waals surface area contributed by atoms with Crippen molar-refractivity contribution in [1.29, 1.82) is 0 Å². The van der Waals surface area contributed by atoms with Gasteiger partial charge >= 0.3 is 6.18 Å². The molecule has 1 heterocycles. The first-order chi connectivity index (χ1) is 11.9. The molecular formula is C17H12F4N4. The van der Waals surface area contributed by atoms with Gasteiger partial charge in [-0.2, -0.15) is 18.2 Å². The molecule has 2 aromatic carbocycles. The van der Waals surface area contributed by atoms with Gasteiger partial charge in [0.1, 0.15) is 17.2 Å². The number of alkyl halides is 3. The van der Waals surface area contributed by atoms with Gasteiger partial charge in [-0.1, -0.05) is 18.2 Å². The van der Waals surface area contributed by atoms with E-state index in [0.717, 1.165) is 0 Å². The van der Waals surface area contributed by atoms with Gasteiger partial charge in [-0.25, -0.2) is 9.37 Å². The lowest BCUT2D eigenvalue weighted by molar-refractivity contribution is -0.137. The molecule has 128 valence electrons. The molecule has 0 aliphatic heterocycles. The van der Waals surface area contributed by atoms with Crippen molar-refractivity contribution in [2.45, 2.75) is 6.18 Å². The monoisotopic (exact) mass is 348 g/mol. The second kappa shape index (κ2) is 6.76. The molecule has 25 heavy (non-hydrogen) atoms. The Kier molecular flexibility index (Phi) is 4.51. The second-order valence-electron chi connectivity index (χ2n) is 5.08. The lowest BCUT2D eigenvalue weighted by atomic mass is 10.2. The minimum Gasteiger partial charge on any atom is -0.340 e. The van der Waals surface area contributed by atoms with Crippen molar-refractivity contribution in [1.82, 2.24) is 9.97 Å². The summed E-state index contributed by atoms with van der Waals surface area (Å²) in [4.78, 5) is 7.59. The van der Waals surface area contributed by atoms with Crippen molar-refractivity contribution in [2.24, 2.45) is 0 Å². The summed E-state index contributed by atoms with van der Waals surface area (Å²) in [5.74, 6) is -0.846. The van der Waals surface area contributed by atoms with Crippen LogP contribution >= 0.6 is 0 Å². The highest BCUT2D eigenvalue weighted by Gasteiger charge is 2.35. The lowest BCUT2D eigenvalue weighted by Crippen LogP contribution is -2.12. The van der Waals surface area contributed by atoms with Gasteiger partial charge in [-0.05, 0) is 36.4 Å². The molecule has 0 spiro atoms. The highest BCUT2D eigenvalue weighted by atomic mass is 19.4. The first-order valence-corrected chi connectivity index (χ1v) is 7.21. The summed E-state index contributed by atoms with van der Waals surface area (Å²) in [7, 11) is 0. The van der Waals surface area contributed by atoms with Gasteiger partial charge in [-0.3, -0.25) is 0 Å². The van der Waals surface area contributed by atoms with Gasteiger partial charge in [0, 0.05) is 17.6 Å². The molecule has 0 aliphatic carbocycles. The van der Waals surface area contributed by atoms with Crippen LogP contribution in [0, 0.1) is 5.82 Å². The summed E-state index contributed by atoms with van der Waals surface area (Å²) in [5.41, 5.74) is -0.0766. The molecule has 0 saturated heterocycles. The molecule has 0 amide bonds. The second-order valence-corrected chi connectivity index (χ2v) is 5.08. The maximum absolute atomic E-state index is 13.2. The van der Waals surface area contributed by atoms with Crippen LogP contribution in [0.25, 0.3) is 0 Å². The average molecular weight is 348 g/mol. The van der Waals surface area contributed by atoms with E-state index in [-0.39, 0.29) is 11.8 Å². The maximum Gasteiger partial charge on any atom is 0.421 e. The number of benzene rings is 2. The molecular weight excluding hydrogens is 336 g/mol. The Bertz CT molecular complexity index is 849. The van der Waals surface area contributed by atoms with E-state index in [1.165, 1.54) is 24.3 Å². The summed E-state index contributed by atoms with van der Waals surface area (Å²) in [5, 5.41) is 5.38. The molecule has 0 radical (unpaired) electrons. The zero-order chi connectivity index (χ0) is 17.9. The van der Waals surface area contributed by atoms with E-state index in [1.807, 2.05) is 0 Å². The number of hydrogen-bond donors (Lipinski definition) is 2. The van der Waals surface area contributed by atoms with E-state index < -0.39 is 17.6 Å². The number of para-hydroxylation sites is 1. The van der Waals surface area contributed by atoms with Crippen LogP contribution in [0.5, 0.6) is 0 Å². The van der Waals surface area contributed by atoms with Crippen LogP contribution in [0.2, 0.25) is 0 Å². The zero-order valence-electron chi connectivity index (χ0n) is 12.7. The SMILES string of the molecule is Fc1ccc(Nc2ncc(C(F)(F)F)c(Nc3ccccc3)n2)cc1. The fourth-order valence-electron chi connectivity index (χ4n) is 2.07. The summed E-state index contributed by atoms with van der Waals surface area (Å²) in [6.45, 7) is 0. The topological polar surface area (TPSA) is 49.8 Å². The van der Waals surface area contributed by atoms with E-state index >= 15 is 0 Å². The molecule has 0 aliphatic rings. The van der Waals surface area contributed by atoms with Crippen molar-refractivity contribution < 1.29 is 17.6 Å². The van der Waals surface area contributed by atoms with E-state index in [9.17, 15) is 17.6 Å². The molecule has 0 unspecified atom stereocenters. The third kappa shape index (κ3) is 4.23. The molecule has 0 atom stereocenters. The van der Waals surface area contributed by atoms with Crippen LogP contribution in [0.3, 0.4) is 0 Å². The number of nitrogens with zero attached hydrogens (tertiary/aromatic N) is 2. The van der Waals surface area contributed by atoms with Crippen molar-refractivity contribution in [2.75, 3.05) is 10.6 Å². The summed E-state index contributed by atoms with van der Waals surface area (Å²) >= 11 is 0. The molecule has 0 bridgehead atoms. The van der Waals surface area contributed by atoms with Crippen LogP contribution < -0.4 is 10.6 Å². The molecule has 4 nitrogen and oxygen atoms in total. The highest BCUT2D eigenvalue weighted by molar-refractivity contribution is 5.62. The van der Waals surface area contributed by atoms with E-state index in [0.29, 0.717) is 17.6 Å². The van der Waals surface area contributed by atoms with E-state index in [2.05, 4.69) is 20.6 Å². The standard InChI is InChI=1S/C17H12F4N4/c18-11-6-8-13(9-7-11)24-16-22-10-14(17(19,20)21)15(25-16)23-12-4-2-1-3-5-12/h1-10H,(H2,22,23,24,25). The summed E-state index contributed by atoms with van der Waals surface area (Å²) < 4.78 is 52.4. The molecule has 2 N–H and O–H groups in total. The molecule has 3 rings (SSSR count). The third-order valence-electron chi connectivity index (χ3n) is 3.23. The number of aromatic nitrogens is 2. The Labute approximate surface area is 140 Å². The lowest BCUT2D eigenvalue weighted by Gasteiger charge is -2.14. The molecule has 0 saturated carbocycles. The van der Waals surface area contributed by atoms with Gasteiger partial charge in [0.05, 0.1) is 0 Å². The Balaban J connectivity index is 1.93. The van der Waals surface area contributed by atoms with Crippen molar-refractivity contribution in [3.63, 3.8) is 0 Å². The first kappa shape index (κ1) is 16.7. The zero-order valence-corrected chi connectivity index (χ0v) is 12.7. The molecule has 3 aromatic rings. The number of halogens is 4. The van der Waals surface area contributed by atoms with Crippen LogP contribution in [0.4, 0.5) is 40.7 Å². The minimum atomic E-state index is -4.61. The Morgan fingerprint density at radius 2 is 1.44 bits per heavy atom. The van der Waals surface area contributed by atoms with Gasteiger partial charge < -0.3 is 10.6 Å². The summed E-state index contributed by atoms with van der Waals surface area (Å²) in [6, 6.07) is 13.7. The van der Waals surface area contributed by atoms with Crippen LogP contribution in [0.15, 0.2) is 60.8 Å².